The van der Waals surface area contributed by atoms with Gasteiger partial charge in [-0.1, -0.05) is 24.3 Å². The minimum atomic E-state index is -0.286. The summed E-state index contributed by atoms with van der Waals surface area (Å²) in [6.07, 6.45) is 0. The quantitative estimate of drug-likeness (QED) is 0.499. The van der Waals surface area contributed by atoms with Crippen LogP contribution in [-0.4, -0.2) is 16.1 Å². The average molecular weight is 272 g/mol. The van der Waals surface area contributed by atoms with Gasteiger partial charge in [0.25, 0.3) is 5.91 Å². The third-order valence-electron chi connectivity index (χ3n) is 2.95. The molecule has 0 aliphatic heterocycles. The largest absolute Gasteiger partial charge is 0.506 e. The number of benzene rings is 2. The maximum atomic E-state index is 11.9. The summed E-state index contributed by atoms with van der Waals surface area (Å²) in [5, 5.41) is 21.1. The molecule has 1 amide bonds. The van der Waals surface area contributed by atoms with Crippen LogP contribution in [0.3, 0.4) is 0 Å². The van der Waals surface area contributed by atoms with Crippen molar-refractivity contribution in [1.29, 1.82) is 0 Å². The molecule has 0 saturated heterocycles. The van der Waals surface area contributed by atoms with Gasteiger partial charge in [-0.3, -0.25) is 4.79 Å². The Hall–Kier alpha value is -2.53. The number of anilines is 1. The summed E-state index contributed by atoms with van der Waals surface area (Å²) in [6, 6.07) is 11.7. The first-order valence-corrected chi connectivity index (χ1v) is 6.15. The molecule has 0 spiro atoms. The SMILES string of the molecule is Nc1ccc(C(=O)NCc2ccc(CO)cc2)cc1O. The fraction of sp³-hybridized carbons (Fsp3) is 0.133. The van der Waals surface area contributed by atoms with E-state index in [-0.39, 0.29) is 24.0 Å². The zero-order valence-corrected chi connectivity index (χ0v) is 10.8. The van der Waals surface area contributed by atoms with Gasteiger partial charge in [0.05, 0.1) is 12.3 Å². The van der Waals surface area contributed by atoms with Crippen LogP contribution in [0.15, 0.2) is 42.5 Å². The molecule has 0 aliphatic rings. The number of carbonyl (C=O) groups is 1. The molecular formula is C15H16N2O3. The highest BCUT2D eigenvalue weighted by Crippen LogP contribution is 2.20. The van der Waals surface area contributed by atoms with Crippen LogP contribution in [0, 0.1) is 0 Å². The van der Waals surface area contributed by atoms with Crippen LogP contribution in [0.25, 0.3) is 0 Å². The normalized spacial score (nSPS) is 10.2. The third kappa shape index (κ3) is 3.27. The summed E-state index contributed by atoms with van der Waals surface area (Å²) >= 11 is 0. The van der Waals surface area contributed by atoms with Crippen LogP contribution in [0.1, 0.15) is 21.5 Å². The van der Waals surface area contributed by atoms with Gasteiger partial charge in [-0.15, -0.1) is 0 Å². The number of phenols is 1. The molecule has 2 aromatic carbocycles. The maximum Gasteiger partial charge on any atom is 0.251 e. The zero-order chi connectivity index (χ0) is 14.5. The third-order valence-corrected chi connectivity index (χ3v) is 2.95. The topological polar surface area (TPSA) is 95.6 Å². The molecule has 2 aromatic rings. The van der Waals surface area contributed by atoms with E-state index in [4.69, 9.17) is 10.8 Å². The minimum Gasteiger partial charge on any atom is -0.506 e. The molecule has 0 radical (unpaired) electrons. The van der Waals surface area contributed by atoms with Gasteiger partial charge in [-0.05, 0) is 29.3 Å². The van der Waals surface area contributed by atoms with Gasteiger partial charge < -0.3 is 21.3 Å². The van der Waals surface area contributed by atoms with E-state index in [1.165, 1.54) is 12.1 Å². The van der Waals surface area contributed by atoms with Crippen molar-refractivity contribution >= 4 is 11.6 Å². The molecule has 5 nitrogen and oxygen atoms in total. The monoisotopic (exact) mass is 272 g/mol. The summed E-state index contributed by atoms with van der Waals surface area (Å²) in [7, 11) is 0. The first-order chi connectivity index (χ1) is 9.60. The Bertz CT molecular complexity index is 609. The molecule has 0 unspecified atom stereocenters. The Morgan fingerprint density at radius 2 is 1.75 bits per heavy atom. The molecule has 5 N–H and O–H groups in total. The number of nitrogen functional groups attached to an aromatic ring is 1. The van der Waals surface area contributed by atoms with Crippen LogP contribution in [0.4, 0.5) is 5.69 Å². The predicted molar refractivity (Wildman–Crippen MR) is 76.1 cm³/mol. The second-order valence-electron chi connectivity index (χ2n) is 4.43. The van der Waals surface area contributed by atoms with Gasteiger partial charge in [-0.25, -0.2) is 0 Å². The van der Waals surface area contributed by atoms with E-state index >= 15 is 0 Å². The van der Waals surface area contributed by atoms with Crippen molar-refractivity contribution in [1.82, 2.24) is 5.32 Å². The number of carbonyl (C=O) groups excluding carboxylic acids is 1. The fourth-order valence-electron chi connectivity index (χ4n) is 1.73. The first-order valence-electron chi connectivity index (χ1n) is 6.15. The van der Waals surface area contributed by atoms with Crippen molar-refractivity contribution in [2.24, 2.45) is 0 Å². The van der Waals surface area contributed by atoms with Crippen molar-refractivity contribution in [3.63, 3.8) is 0 Å². The molecule has 104 valence electrons. The maximum absolute atomic E-state index is 11.9. The minimum absolute atomic E-state index is 0.00263. The van der Waals surface area contributed by atoms with E-state index in [1.54, 1.807) is 18.2 Å². The van der Waals surface area contributed by atoms with E-state index < -0.39 is 0 Å². The Morgan fingerprint density at radius 3 is 2.35 bits per heavy atom. The Labute approximate surface area is 116 Å². The highest BCUT2D eigenvalue weighted by molar-refractivity contribution is 5.95. The number of hydrogen-bond donors (Lipinski definition) is 4. The summed E-state index contributed by atoms with van der Waals surface area (Å²) in [5.41, 5.74) is 7.82. The molecule has 0 bridgehead atoms. The number of amides is 1. The molecular weight excluding hydrogens is 256 g/mol. The van der Waals surface area contributed by atoms with Crippen molar-refractivity contribution in [2.75, 3.05) is 5.73 Å². The number of aromatic hydroxyl groups is 1. The number of nitrogens with one attached hydrogen (secondary N) is 1. The Kier molecular flexibility index (Phi) is 4.22. The van der Waals surface area contributed by atoms with Crippen LogP contribution < -0.4 is 11.1 Å². The molecule has 5 heteroatoms. The summed E-state index contributed by atoms with van der Waals surface area (Å²) in [6.45, 7) is 0.368. The second kappa shape index (κ2) is 6.08. The lowest BCUT2D eigenvalue weighted by Gasteiger charge is -2.07. The van der Waals surface area contributed by atoms with E-state index in [0.29, 0.717) is 12.1 Å². The number of nitrogens with two attached hydrogens (primary N) is 1. The van der Waals surface area contributed by atoms with Crippen LogP contribution >= 0.6 is 0 Å². The van der Waals surface area contributed by atoms with Crippen molar-refractivity contribution < 1.29 is 15.0 Å². The Balaban J connectivity index is 1.98. The van der Waals surface area contributed by atoms with E-state index in [0.717, 1.165) is 11.1 Å². The second-order valence-corrected chi connectivity index (χ2v) is 4.43. The molecule has 0 aromatic heterocycles. The fourth-order valence-corrected chi connectivity index (χ4v) is 1.73. The number of rotatable bonds is 4. The molecule has 0 heterocycles. The van der Waals surface area contributed by atoms with Crippen LogP contribution in [0.5, 0.6) is 5.75 Å². The Morgan fingerprint density at radius 1 is 1.10 bits per heavy atom. The van der Waals surface area contributed by atoms with Gasteiger partial charge in [-0.2, -0.15) is 0 Å². The molecule has 0 fully saturated rings. The summed E-state index contributed by atoms with van der Waals surface area (Å²) in [4.78, 5) is 11.9. The number of phenolic OH excluding ortho intramolecular Hbond substituents is 1. The lowest BCUT2D eigenvalue weighted by molar-refractivity contribution is 0.0950. The average Bonchev–Trinajstić information content (AvgIpc) is 2.48. The lowest BCUT2D eigenvalue weighted by Crippen LogP contribution is -2.22. The van der Waals surface area contributed by atoms with Crippen molar-refractivity contribution in [3.8, 4) is 5.75 Å². The van der Waals surface area contributed by atoms with Gasteiger partial charge in [0.1, 0.15) is 5.75 Å². The molecule has 2 rings (SSSR count). The highest BCUT2D eigenvalue weighted by atomic mass is 16.3. The number of hydrogen-bond acceptors (Lipinski definition) is 4. The highest BCUT2D eigenvalue weighted by Gasteiger charge is 2.07. The van der Waals surface area contributed by atoms with Crippen LogP contribution in [0.2, 0.25) is 0 Å². The van der Waals surface area contributed by atoms with E-state index in [9.17, 15) is 9.90 Å². The van der Waals surface area contributed by atoms with Crippen molar-refractivity contribution in [3.05, 3.63) is 59.2 Å². The van der Waals surface area contributed by atoms with E-state index in [1.807, 2.05) is 12.1 Å². The number of aliphatic hydroxyl groups excluding tert-OH is 1. The number of aliphatic hydroxyl groups is 1. The van der Waals surface area contributed by atoms with Gasteiger partial charge in [0, 0.05) is 12.1 Å². The summed E-state index contributed by atoms with van der Waals surface area (Å²) in [5.74, 6) is -0.392. The summed E-state index contributed by atoms with van der Waals surface area (Å²) < 4.78 is 0. The van der Waals surface area contributed by atoms with Gasteiger partial charge in [0.2, 0.25) is 0 Å². The first kappa shape index (κ1) is 13.9. The van der Waals surface area contributed by atoms with Crippen LogP contribution in [-0.2, 0) is 13.2 Å². The standard InChI is InChI=1S/C15H16N2O3/c16-13-6-5-12(7-14(13)19)15(20)17-8-10-1-3-11(9-18)4-2-10/h1-7,18-19H,8-9,16H2,(H,17,20). The predicted octanol–water partition coefficient (Wildman–Crippen LogP) is 1.40. The smallest absolute Gasteiger partial charge is 0.251 e. The van der Waals surface area contributed by atoms with Gasteiger partial charge in [0.15, 0.2) is 0 Å². The molecule has 0 aliphatic carbocycles. The molecule has 0 saturated carbocycles. The van der Waals surface area contributed by atoms with Gasteiger partial charge >= 0.3 is 0 Å². The lowest BCUT2D eigenvalue weighted by atomic mass is 10.1. The zero-order valence-electron chi connectivity index (χ0n) is 10.8. The van der Waals surface area contributed by atoms with Crippen molar-refractivity contribution in [2.45, 2.75) is 13.2 Å². The molecule has 20 heavy (non-hydrogen) atoms. The molecule has 0 atom stereocenters. The van der Waals surface area contributed by atoms with E-state index in [2.05, 4.69) is 5.32 Å².